The number of carbonyl (C=O) groups is 4. The molecule has 0 N–H and O–H groups in total. The summed E-state index contributed by atoms with van der Waals surface area (Å²) in [7, 11) is 0. The van der Waals surface area contributed by atoms with Gasteiger partial charge in [-0.05, 0) is 85.8 Å². The van der Waals surface area contributed by atoms with Gasteiger partial charge in [0.05, 0.1) is 11.4 Å². The number of rotatable bonds is 6. The van der Waals surface area contributed by atoms with Gasteiger partial charge in [0.2, 0.25) is 0 Å². The number of imide groups is 2. The minimum atomic E-state index is -0.315. The first kappa shape index (κ1) is 27.0. The molecule has 3 aliphatic rings. The van der Waals surface area contributed by atoms with Gasteiger partial charge in [-0.25, -0.2) is 9.80 Å². The average Bonchev–Trinajstić information content (AvgIpc) is 3.64. The second-order valence-electron chi connectivity index (χ2n) is 9.82. The third-order valence-corrected chi connectivity index (χ3v) is 7.02. The number of nitrogens with zero attached hydrogens (tertiary/aromatic N) is 2. The van der Waals surface area contributed by atoms with Crippen molar-refractivity contribution in [1.29, 1.82) is 0 Å². The fraction of sp³-hybridized carbons (Fsp3) is 0.312. The van der Waals surface area contributed by atoms with Crippen molar-refractivity contribution in [2.45, 2.75) is 66.2 Å². The highest BCUT2D eigenvalue weighted by molar-refractivity contribution is 6.29. The minimum absolute atomic E-state index is 0.315. The number of amides is 4. The molecule has 6 heteroatoms. The van der Waals surface area contributed by atoms with Gasteiger partial charge in [-0.1, -0.05) is 50.3 Å². The summed E-state index contributed by atoms with van der Waals surface area (Å²) in [6.45, 7) is 7.85. The third-order valence-electron chi connectivity index (χ3n) is 7.02. The maximum Gasteiger partial charge on any atom is 0.258 e. The van der Waals surface area contributed by atoms with E-state index >= 15 is 0 Å². The number of allylic oxidation sites excluding steroid dienone is 2. The highest BCUT2D eigenvalue weighted by Gasteiger charge is 2.30. The maximum atomic E-state index is 12.2. The Balaban J connectivity index is 0.000000603. The molecule has 4 amide bonds. The molecule has 0 spiro atoms. The van der Waals surface area contributed by atoms with Crippen LogP contribution < -0.4 is 9.80 Å². The summed E-state index contributed by atoms with van der Waals surface area (Å²) < 4.78 is 0. The van der Waals surface area contributed by atoms with Gasteiger partial charge in [-0.15, -0.1) is 0 Å². The lowest BCUT2D eigenvalue weighted by Gasteiger charge is -2.23. The normalized spacial score (nSPS) is 16.2. The van der Waals surface area contributed by atoms with Gasteiger partial charge in [0, 0.05) is 24.3 Å². The van der Waals surface area contributed by atoms with Crippen LogP contribution in [-0.4, -0.2) is 23.6 Å². The van der Waals surface area contributed by atoms with E-state index in [0.717, 1.165) is 33.4 Å². The zero-order chi connectivity index (χ0) is 27.4. The van der Waals surface area contributed by atoms with Crippen LogP contribution in [0.5, 0.6) is 0 Å². The van der Waals surface area contributed by atoms with Gasteiger partial charge in [-0.3, -0.25) is 19.2 Å². The van der Waals surface area contributed by atoms with Gasteiger partial charge in [0.15, 0.2) is 0 Å². The molecule has 0 aromatic heterocycles. The van der Waals surface area contributed by atoms with Crippen molar-refractivity contribution in [2.75, 3.05) is 9.80 Å². The molecule has 2 aliphatic heterocycles. The lowest BCUT2D eigenvalue weighted by atomic mass is 9.93. The Labute approximate surface area is 224 Å². The molecule has 6 nitrogen and oxygen atoms in total. The van der Waals surface area contributed by atoms with E-state index < -0.39 is 0 Å². The topological polar surface area (TPSA) is 74.8 Å². The molecule has 2 aromatic carbocycles. The van der Waals surface area contributed by atoms with Gasteiger partial charge in [0.1, 0.15) is 0 Å². The van der Waals surface area contributed by atoms with E-state index in [1.807, 2.05) is 52.0 Å². The smallest absolute Gasteiger partial charge is 0.258 e. The van der Waals surface area contributed by atoms with Crippen LogP contribution in [0.2, 0.25) is 0 Å². The number of hydrogen-bond acceptors (Lipinski definition) is 4. The van der Waals surface area contributed by atoms with Crippen LogP contribution in [-0.2, 0) is 38.4 Å². The number of aryl methyl sites for hydroxylation is 4. The van der Waals surface area contributed by atoms with Crippen LogP contribution in [0.25, 0.3) is 0 Å². The average molecular weight is 511 g/mol. The highest BCUT2D eigenvalue weighted by Crippen LogP contribution is 2.33. The predicted octanol–water partition coefficient (Wildman–Crippen LogP) is 5.60. The van der Waals surface area contributed by atoms with Crippen molar-refractivity contribution in [3.8, 4) is 0 Å². The molecular formula is C32H34N2O4. The number of anilines is 2. The molecule has 38 heavy (non-hydrogen) atoms. The van der Waals surface area contributed by atoms with Gasteiger partial charge in [-0.2, -0.15) is 0 Å². The zero-order valence-electron chi connectivity index (χ0n) is 22.5. The van der Waals surface area contributed by atoms with Crippen LogP contribution >= 0.6 is 0 Å². The highest BCUT2D eigenvalue weighted by atomic mass is 16.2. The first-order valence-corrected chi connectivity index (χ1v) is 13.3. The summed E-state index contributed by atoms with van der Waals surface area (Å²) in [6, 6.07) is 8.13. The number of carbonyl (C=O) groups excluding carboxylic acids is 4. The molecule has 0 saturated heterocycles. The second-order valence-corrected chi connectivity index (χ2v) is 9.82. The van der Waals surface area contributed by atoms with E-state index in [2.05, 4.69) is 12.2 Å². The first-order valence-electron chi connectivity index (χ1n) is 13.3. The fourth-order valence-corrected chi connectivity index (χ4v) is 5.32. The SMILES string of the molecule is C1=CCCC1.CCc1cc(Cc2cc(C)c(N3C(=O)C=CC3=O)c(CC)c2)cc(C)c1N1C(=O)C=CC1=O. The van der Waals surface area contributed by atoms with E-state index in [9.17, 15) is 19.2 Å². The van der Waals surface area contributed by atoms with Crippen LogP contribution in [0.1, 0.15) is 66.5 Å². The summed E-state index contributed by atoms with van der Waals surface area (Å²) in [5.74, 6) is -1.26. The van der Waals surface area contributed by atoms with Crippen LogP contribution in [0.3, 0.4) is 0 Å². The fourth-order valence-electron chi connectivity index (χ4n) is 5.32. The molecular weight excluding hydrogens is 476 g/mol. The van der Waals surface area contributed by atoms with E-state index in [-0.39, 0.29) is 23.6 Å². The van der Waals surface area contributed by atoms with Crippen molar-refractivity contribution >= 4 is 35.0 Å². The van der Waals surface area contributed by atoms with Crippen LogP contribution in [0.4, 0.5) is 11.4 Å². The second kappa shape index (κ2) is 11.5. The molecule has 0 saturated carbocycles. The molecule has 0 bridgehead atoms. The van der Waals surface area contributed by atoms with E-state index in [0.29, 0.717) is 30.6 Å². The standard InChI is InChI=1S/C27H26N2O4.C5H8/c1-5-20-14-18(11-16(3)26(20)28-22(30)7-8-23(28)31)13-19-12-17(4)27(21(6-2)15-19)29-24(32)9-10-25(29)33;1-2-4-5-3-1/h7-12,14-15H,5-6,13H2,1-4H3;1-2H,3-5H2. The van der Waals surface area contributed by atoms with Gasteiger partial charge >= 0.3 is 0 Å². The van der Waals surface area contributed by atoms with Crippen molar-refractivity contribution < 1.29 is 19.2 Å². The van der Waals surface area contributed by atoms with E-state index in [1.54, 1.807) is 0 Å². The third kappa shape index (κ3) is 5.44. The Hall–Kier alpha value is -4.06. The molecule has 1 aliphatic carbocycles. The molecule has 0 radical (unpaired) electrons. The molecule has 5 rings (SSSR count). The number of benzene rings is 2. The minimum Gasteiger partial charge on any atom is -0.269 e. The molecule has 0 atom stereocenters. The Morgan fingerprint density at radius 2 is 0.974 bits per heavy atom. The van der Waals surface area contributed by atoms with Crippen molar-refractivity contribution in [3.63, 3.8) is 0 Å². The molecule has 196 valence electrons. The number of hydrogen-bond donors (Lipinski definition) is 0. The first-order chi connectivity index (χ1) is 18.2. The monoisotopic (exact) mass is 510 g/mol. The summed E-state index contributed by atoms with van der Waals surface area (Å²) in [5, 5.41) is 0. The summed E-state index contributed by atoms with van der Waals surface area (Å²) in [4.78, 5) is 51.4. The van der Waals surface area contributed by atoms with E-state index in [1.165, 1.54) is 53.4 Å². The van der Waals surface area contributed by atoms with Crippen molar-refractivity contribution in [2.24, 2.45) is 0 Å². The Morgan fingerprint density at radius 1 is 0.605 bits per heavy atom. The van der Waals surface area contributed by atoms with Crippen LogP contribution in [0.15, 0.2) is 60.7 Å². The zero-order valence-corrected chi connectivity index (χ0v) is 22.5. The van der Waals surface area contributed by atoms with Gasteiger partial charge in [0.25, 0.3) is 23.6 Å². The van der Waals surface area contributed by atoms with Gasteiger partial charge < -0.3 is 0 Å². The molecule has 0 unspecified atom stereocenters. The summed E-state index contributed by atoms with van der Waals surface area (Å²) in [5.41, 5.74) is 7.11. The lowest BCUT2D eigenvalue weighted by molar-refractivity contribution is -0.121. The Kier molecular flexibility index (Phi) is 8.20. The summed E-state index contributed by atoms with van der Waals surface area (Å²) >= 11 is 0. The Morgan fingerprint density at radius 3 is 1.26 bits per heavy atom. The van der Waals surface area contributed by atoms with Crippen molar-refractivity contribution in [3.05, 3.63) is 94.1 Å². The molecule has 2 aromatic rings. The Bertz CT molecular complexity index is 1260. The maximum absolute atomic E-state index is 12.2. The molecule has 2 heterocycles. The van der Waals surface area contributed by atoms with E-state index in [4.69, 9.17) is 0 Å². The lowest BCUT2D eigenvalue weighted by Crippen LogP contribution is -2.31. The largest absolute Gasteiger partial charge is 0.269 e. The molecule has 0 fully saturated rings. The summed E-state index contributed by atoms with van der Waals surface area (Å²) in [6.07, 6.45) is 15.7. The van der Waals surface area contributed by atoms with Crippen LogP contribution in [0, 0.1) is 13.8 Å². The van der Waals surface area contributed by atoms with Crippen molar-refractivity contribution in [1.82, 2.24) is 0 Å². The quantitative estimate of drug-likeness (QED) is 0.374. The predicted molar refractivity (Wildman–Crippen MR) is 150 cm³/mol.